The largest absolute Gasteiger partial charge is 0.480 e. The molecule has 0 bridgehead atoms. The van der Waals surface area contributed by atoms with Crippen LogP contribution in [-0.2, 0) is 14.0 Å². The van der Waals surface area contributed by atoms with E-state index in [4.69, 9.17) is 9.16 Å². The molecule has 0 radical (unpaired) electrons. The van der Waals surface area contributed by atoms with Crippen LogP contribution in [0.3, 0.4) is 0 Å². The zero-order valence-corrected chi connectivity index (χ0v) is 17.5. The Balaban J connectivity index is 3.01. The lowest BCUT2D eigenvalue weighted by molar-refractivity contribution is -0.148. The Morgan fingerprint density at radius 1 is 1.17 bits per heavy atom. The Labute approximate surface area is 146 Å². The molecular formula is C17H33NO5Si. The molecule has 6 nitrogen and oxygen atoms in total. The molecule has 0 spiro atoms. The van der Waals surface area contributed by atoms with E-state index < -0.39 is 31.5 Å². The first-order valence-corrected chi connectivity index (χ1v) is 11.3. The molecule has 1 aliphatic rings. The van der Waals surface area contributed by atoms with Crippen LogP contribution in [0.5, 0.6) is 0 Å². The topological polar surface area (TPSA) is 76.1 Å². The minimum Gasteiger partial charge on any atom is -0.480 e. The highest BCUT2D eigenvalue weighted by Crippen LogP contribution is 2.41. The van der Waals surface area contributed by atoms with Gasteiger partial charge in [0.25, 0.3) is 0 Å². The highest BCUT2D eigenvalue weighted by molar-refractivity contribution is 6.74. The monoisotopic (exact) mass is 359 g/mol. The molecule has 1 unspecified atom stereocenters. The summed E-state index contributed by atoms with van der Waals surface area (Å²) in [7, 11) is -2.05. The molecule has 7 heteroatoms. The molecule has 0 saturated carbocycles. The third-order valence-corrected chi connectivity index (χ3v) is 9.48. The number of nitrogens with zero attached hydrogens (tertiary/aromatic N) is 1. The van der Waals surface area contributed by atoms with Gasteiger partial charge < -0.3 is 14.3 Å². The van der Waals surface area contributed by atoms with Crippen molar-refractivity contribution in [3.63, 3.8) is 0 Å². The van der Waals surface area contributed by atoms with Gasteiger partial charge in [0.05, 0.1) is 12.6 Å². The first kappa shape index (κ1) is 21.0. The number of carbonyl (C=O) groups is 2. The normalized spacial score (nSPS) is 25.7. The predicted octanol–water partition coefficient (Wildman–Crippen LogP) is 3.86. The van der Waals surface area contributed by atoms with Crippen LogP contribution >= 0.6 is 0 Å². The van der Waals surface area contributed by atoms with Gasteiger partial charge in [-0.3, -0.25) is 4.90 Å². The van der Waals surface area contributed by atoms with Crippen molar-refractivity contribution in [1.29, 1.82) is 0 Å². The van der Waals surface area contributed by atoms with Gasteiger partial charge in [0.2, 0.25) is 0 Å². The summed E-state index contributed by atoms with van der Waals surface area (Å²) >= 11 is 0. The Morgan fingerprint density at radius 2 is 1.67 bits per heavy atom. The smallest absolute Gasteiger partial charge is 0.411 e. The van der Waals surface area contributed by atoms with Gasteiger partial charge >= 0.3 is 12.1 Å². The van der Waals surface area contributed by atoms with Gasteiger partial charge in [-0.25, -0.2) is 9.59 Å². The summed E-state index contributed by atoms with van der Waals surface area (Å²) in [5.74, 6) is -1.03. The quantitative estimate of drug-likeness (QED) is 0.774. The van der Waals surface area contributed by atoms with Crippen LogP contribution in [0.1, 0.15) is 54.9 Å². The summed E-state index contributed by atoms with van der Waals surface area (Å²) in [4.78, 5) is 25.6. The van der Waals surface area contributed by atoms with Crippen LogP contribution in [0.15, 0.2) is 0 Å². The number of carbonyl (C=O) groups excluding carboxylic acids is 1. The number of hydrogen-bond donors (Lipinski definition) is 1. The summed E-state index contributed by atoms with van der Waals surface area (Å²) in [5.41, 5.74) is -1.98. The third-order valence-electron chi connectivity index (χ3n) is 4.95. The number of likely N-dealkylation sites (tertiary alicyclic amines) is 1. The van der Waals surface area contributed by atoms with E-state index in [1.165, 1.54) is 4.90 Å². The summed E-state index contributed by atoms with van der Waals surface area (Å²) in [6, 6.07) is 0. The summed E-state index contributed by atoms with van der Waals surface area (Å²) in [6.45, 7) is 17.8. The summed E-state index contributed by atoms with van der Waals surface area (Å²) in [5, 5.41) is 9.69. The molecule has 0 aliphatic carbocycles. The molecule has 1 saturated heterocycles. The van der Waals surface area contributed by atoms with Crippen LogP contribution in [0.2, 0.25) is 18.1 Å². The number of aliphatic carboxylic acids is 1. The molecule has 1 aliphatic heterocycles. The molecule has 0 aromatic carbocycles. The van der Waals surface area contributed by atoms with E-state index in [2.05, 4.69) is 33.9 Å². The average Bonchev–Trinajstić information content (AvgIpc) is 2.63. The van der Waals surface area contributed by atoms with Crippen LogP contribution in [-0.4, -0.2) is 54.2 Å². The fourth-order valence-electron chi connectivity index (χ4n) is 2.49. The Kier molecular flexibility index (Phi) is 5.53. The van der Waals surface area contributed by atoms with E-state index in [0.29, 0.717) is 0 Å². The molecule has 1 heterocycles. The van der Waals surface area contributed by atoms with E-state index in [1.807, 2.05) is 0 Å². The van der Waals surface area contributed by atoms with E-state index in [1.54, 1.807) is 27.7 Å². The molecule has 24 heavy (non-hydrogen) atoms. The average molecular weight is 360 g/mol. The van der Waals surface area contributed by atoms with Crippen molar-refractivity contribution in [3.8, 4) is 0 Å². The fraction of sp³-hybridized carbons (Fsp3) is 0.882. The SMILES string of the molecule is CC(C)(C)OC(=O)N1CC(O[Si](C)(C)C(C)(C)C)C[C@@]1(C)C(=O)O. The highest BCUT2D eigenvalue weighted by Gasteiger charge is 2.53. The van der Waals surface area contributed by atoms with Gasteiger partial charge in [-0.15, -0.1) is 0 Å². The molecule has 1 amide bonds. The third kappa shape index (κ3) is 4.50. The maximum Gasteiger partial charge on any atom is 0.411 e. The predicted molar refractivity (Wildman–Crippen MR) is 95.7 cm³/mol. The van der Waals surface area contributed by atoms with Crippen molar-refractivity contribution >= 4 is 20.4 Å². The van der Waals surface area contributed by atoms with Gasteiger partial charge in [0.1, 0.15) is 11.1 Å². The van der Waals surface area contributed by atoms with Crippen LogP contribution in [0.25, 0.3) is 0 Å². The van der Waals surface area contributed by atoms with Crippen molar-refractivity contribution in [3.05, 3.63) is 0 Å². The second-order valence-corrected chi connectivity index (χ2v) is 14.1. The number of rotatable bonds is 3. The summed E-state index contributed by atoms with van der Waals surface area (Å²) in [6.07, 6.45) is -0.623. The zero-order valence-electron chi connectivity index (χ0n) is 16.5. The van der Waals surface area contributed by atoms with E-state index in [-0.39, 0.29) is 24.1 Å². The number of amides is 1. The number of carboxylic acid groups (broad SMARTS) is 1. The molecular weight excluding hydrogens is 326 g/mol. The number of ether oxygens (including phenoxy) is 1. The van der Waals surface area contributed by atoms with Gasteiger partial charge in [0.15, 0.2) is 8.32 Å². The van der Waals surface area contributed by atoms with Crippen molar-refractivity contribution in [1.82, 2.24) is 4.90 Å². The minimum absolute atomic E-state index is 0.0198. The van der Waals surface area contributed by atoms with Crippen LogP contribution < -0.4 is 0 Å². The van der Waals surface area contributed by atoms with E-state index in [9.17, 15) is 14.7 Å². The van der Waals surface area contributed by atoms with E-state index in [0.717, 1.165) is 0 Å². The number of carboxylic acids is 1. The zero-order chi connectivity index (χ0) is 19.1. The Bertz CT molecular complexity index is 506. The molecule has 1 N–H and O–H groups in total. The lowest BCUT2D eigenvalue weighted by Crippen LogP contribution is -2.52. The van der Waals surface area contributed by atoms with E-state index >= 15 is 0 Å². The summed E-state index contributed by atoms with van der Waals surface area (Å²) < 4.78 is 11.7. The maximum atomic E-state index is 12.5. The lowest BCUT2D eigenvalue weighted by atomic mass is 9.99. The molecule has 2 atom stereocenters. The van der Waals surface area contributed by atoms with Crippen molar-refractivity contribution in [2.75, 3.05) is 6.54 Å². The standard InChI is InChI=1S/C17H33NO5Si/c1-15(2,3)22-14(21)18-11-12(10-17(18,7)13(19)20)23-24(8,9)16(4,5)6/h12H,10-11H2,1-9H3,(H,19,20)/t12?,17-/m0/s1. The van der Waals surface area contributed by atoms with Gasteiger partial charge in [-0.1, -0.05) is 20.8 Å². The van der Waals surface area contributed by atoms with Crippen LogP contribution in [0.4, 0.5) is 4.79 Å². The maximum absolute atomic E-state index is 12.5. The van der Waals surface area contributed by atoms with Crippen LogP contribution in [0, 0.1) is 0 Å². The fourth-order valence-corrected chi connectivity index (χ4v) is 3.84. The molecule has 1 fully saturated rings. The first-order chi connectivity index (χ1) is 10.5. The van der Waals surface area contributed by atoms with Crippen molar-refractivity contribution in [2.45, 2.75) is 90.3 Å². The molecule has 0 aromatic heterocycles. The Hall–Kier alpha value is -1.08. The highest BCUT2D eigenvalue weighted by atomic mass is 28.4. The molecule has 0 aromatic rings. The van der Waals surface area contributed by atoms with Gasteiger partial charge in [0, 0.05) is 6.42 Å². The second-order valence-electron chi connectivity index (χ2n) is 9.37. The van der Waals surface area contributed by atoms with Crippen molar-refractivity contribution in [2.24, 2.45) is 0 Å². The number of hydrogen-bond acceptors (Lipinski definition) is 4. The first-order valence-electron chi connectivity index (χ1n) is 8.41. The minimum atomic E-state index is -2.05. The lowest BCUT2D eigenvalue weighted by Gasteiger charge is -2.38. The van der Waals surface area contributed by atoms with Crippen molar-refractivity contribution < 1.29 is 23.9 Å². The van der Waals surface area contributed by atoms with Gasteiger partial charge in [-0.2, -0.15) is 0 Å². The second kappa shape index (κ2) is 6.33. The van der Waals surface area contributed by atoms with Gasteiger partial charge in [-0.05, 0) is 45.8 Å². The Morgan fingerprint density at radius 3 is 2.04 bits per heavy atom. The molecule has 1 rings (SSSR count). The molecule has 140 valence electrons.